The summed E-state index contributed by atoms with van der Waals surface area (Å²) in [7, 11) is 3.29. The van der Waals surface area contributed by atoms with Crippen molar-refractivity contribution < 1.29 is 14.3 Å². The minimum absolute atomic E-state index is 0.140. The first-order valence-corrected chi connectivity index (χ1v) is 8.08. The Labute approximate surface area is 129 Å². The smallest absolute Gasteiger partial charge is 0.358 e. The van der Waals surface area contributed by atoms with E-state index >= 15 is 0 Å². The molecular weight excluding hydrogens is 288 g/mol. The van der Waals surface area contributed by atoms with Crippen LogP contribution in [0.4, 0.5) is 5.13 Å². The quantitative estimate of drug-likeness (QED) is 0.631. The van der Waals surface area contributed by atoms with Crippen LogP contribution in [0.5, 0.6) is 0 Å². The number of aromatic nitrogens is 1. The second-order valence-electron chi connectivity index (χ2n) is 5.75. The Kier molecular flexibility index (Phi) is 4.98. The van der Waals surface area contributed by atoms with Crippen LogP contribution >= 0.6 is 11.3 Å². The summed E-state index contributed by atoms with van der Waals surface area (Å²) in [5, 5.41) is 0.722. The molecular formula is C15H22N2O3S. The van der Waals surface area contributed by atoms with Gasteiger partial charge in [-0.25, -0.2) is 9.78 Å². The lowest BCUT2D eigenvalue weighted by atomic mass is 9.87. The molecule has 0 N–H and O–H groups in total. The number of methoxy groups -OCH3 is 1. The van der Waals surface area contributed by atoms with E-state index in [0.717, 1.165) is 23.9 Å². The molecule has 0 radical (unpaired) electrons. The van der Waals surface area contributed by atoms with Gasteiger partial charge in [-0.05, 0) is 31.6 Å². The molecule has 1 aromatic rings. The van der Waals surface area contributed by atoms with Crippen LogP contribution in [0.3, 0.4) is 0 Å². The molecule has 6 heteroatoms. The fourth-order valence-electron chi connectivity index (χ4n) is 2.72. The van der Waals surface area contributed by atoms with Crippen molar-refractivity contribution in [3.63, 3.8) is 0 Å². The average Bonchev–Trinajstić information content (AvgIpc) is 2.92. The lowest BCUT2D eigenvalue weighted by molar-refractivity contribution is 0.0591. The van der Waals surface area contributed by atoms with Gasteiger partial charge in [-0.3, -0.25) is 4.79 Å². The van der Waals surface area contributed by atoms with Crippen molar-refractivity contribution in [2.75, 3.05) is 19.1 Å². The fraction of sp³-hybridized carbons (Fsp3) is 0.667. The summed E-state index contributed by atoms with van der Waals surface area (Å²) in [6.45, 7) is 3.73. The van der Waals surface area contributed by atoms with Crippen LogP contribution in [0.15, 0.2) is 0 Å². The van der Waals surface area contributed by atoms with E-state index in [0.29, 0.717) is 10.9 Å². The zero-order valence-electron chi connectivity index (χ0n) is 13.0. The largest absolute Gasteiger partial charge is 0.464 e. The number of ketones is 1. The highest BCUT2D eigenvalue weighted by molar-refractivity contribution is 7.17. The van der Waals surface area contributed by atoms with Gasteiger partial charge in [0.25, 0.3) is 0 Å². The Morgan fingerprint density at radius 3 is 2.43 bits per heavy atom. The van der Waals surface area contributed by atoms with E-state index in [4.69, 9.17) is 4.74 Å². The number of carbonyl (C=O) groups is 2. The van der Waals surface area contributed by atoms with E-state index in [1.54, 1.807) is 0 Å². The molecule has 1 aliphatic rings. The lowest BCUT2D eigenvalue weighted by Gasteiger charge is -2.33. The zero-order chi connectivity index (χ0) is 15.6. The molecule has 0 aromatic carbocycles. The Hall–Kier alpha value is -1.43. The first kappa shape index (κ1) is 15.9. The number of carbonyl (C=O) groups excluding carboxylic acids is 2. The van der Waals surface area contributed by atoms with E-state index in [1.807, 2.05) is 7.05 Å². The molecule has 116 valence electrons. The van der Waals surface area contributed by atoms with Crippen molar-refractivity contribution in [1.29, 1.82) is 0 Å². The van der Waals surface area contributed by atoms with Gasteiger partial charge in [-0.15, -0.1) is 0 Å². The second-order valence-corrected chi connectivity index (χ2v) is 6.72. The maximum atomic E-state index is 11.7. The number of thiazole rings is 1. The molecule has 1 saturated carbocycles. The van der Waals surface area contributed by atoms with Crippen LogP contribution in [0.1, 0.15) is 59.7 Å². The molecule has 1 aliphatic carbocycles. The molecule has 0 atom stereocenters. The number of rotatable bonds is 4. The van der Waals surface area contributed by atoms with Crippen molar-refractivity contribution in [1.82, 2.24) is 4.98 Å². The van der Waals surface area contributed by atoms with Crippen LogP contribution in [-0.2, 0) is 4.74 Å². The van der Waals surface area contributed by atoms with Crippen molar-refractivity contribution >= 4 is 28.2 Å². The van der Waals surface area contributed by atoms with Gasteiger partial charge >= 0.3 is 5.97 Å². The van der Waals surface area contributed by atoms with Crippen LogP contribution in [0.25, 0.3) is 0 Å². The second kappa shape index (κ2) is 6.56. The number of nitrogens with zero attached hydrogens (tertiary/aromatic N) is 2. The molecule has 0 saturated heterocycles. The monoisotopic (exact) mass is 310 g/mol. The highest BCUT2D eigenvalue weighted by Gasteiger charge is 2.27. The van der Waals surface area contributed by atoms with E-state index < -0.39 is 5.97 Å². The van der Waals surface area contributed by atoms with E-state index in [-0.39, 0.29) is 11.5 Å². The highest BCUT2D eigenvalue weighted by atomic mass is 32.1. The third-order valence-corrected chi connectivity index (χ3v) is 5.40. The number of hydrogen-bond acceptors (Lipinski definition) is 6. The van der Waals surface area contributed by atoms with Gasteiger partial charge in [0.2, 0.25) is 0 Å². The van der Waals surface area contributed by atoms with Gasteiger partial charge < -0.3 is 9.64 Å². The predicted molar refractivity (Wildman–Crippen MR) is 83.3 cm³/mol. The van der Waals surface area contributed by atoms with Crippen molar-refractivity contribution in [3.05, 3.63) is 10.6 Å². The van der Waals surface area contributed by atoms with Crippen LogP contribution < -0.4 is 4.90 Å². The summed E-state index contributed by atoms with van der Waals surface area (Å²) in [4.78, 5) is 30.3. The normalized spacial score (nSPS) is 21.9. The van der Waals surface area contributed by atoms with Crippen molar-refractivity contribution in [3.8, 4) is 0 Å². The van der Waals surface area contributed by atoms with E-state index in [2.05, 4.69) is 16.8 Å². The standard InChI is InChI=1S/C15H22N2O3S/c1-9-5-7-11(8-6-9)17(3)15-16-12(14(19)20-4)13(21-15)10(2)18/h9,11H,5-8H2,1-4H3. The topological polar surface area (TPSA) is 59.5 Å². The molecule has 2 rings (SSSR count). The molecule has 0 spiro atoms. The SMILES string of the molecule is COC(=O)c1nc(N(C)C2CCC(C)CC2)sc1C(C)=O. The summed E-state index contributed by atoms with van der Waals surface area (Å²) >= 11 is 1.28. The summed E-state index contributed by atoms with van der Waals surface area (Å²) in [5.41, 5.74) is 0.140. The van der Waals surface area contributed by atoms with Crippen LogP contribution in [-0.4, -0.2) is 36.9 Å². The lowest BCUT2D eigenvalue weighted by Crippen LogP contribution is -2.34. The summed E-state index contributed by atoms with van der Waals surface area (Å²) in [5.74, 6) is 0.0857. The van der Waals surface area contributed by atoms with Gasteiger partial charge in [0.1, 0.15) is 4.88 Å². The molecule has 1 fully saturated rings. The number of anilines is 1. The minimum atomic E-state index is -0.548. The van der Waals surface area contributed by atoms with Crippen LogP contribution in [0, 0.1) is 5.92 Å². The minimum Gasteiger partial charge on any atom is -0.464 e. The zero-order valence-corrected chi connectivity index (χ0v) is 13.8. The average molecular weight is 310 g/mol. The Morgan fingerprint density at radius 2 is 1.90 bits per heavy atom. The van der Waals surface area contributed by atoms with E-state index in [1.165, 1.54) is 38.2 Å². The molecule has 0 amide bonds. The first-order valence-electron chi connectivity index (χ1n) is 7.27. The van der Waals surface area contributed by atoms with Crippen molar-refractivity contribution in [2.24, 2.45) is 5.92 Å². The van der Waals surface area contributed by atoms with E-state index in [9.17, 15) is 9.59 Å². The molecule has 5 nitrogen and oxygen atoms in total. The third-order valence-electron chi connectivity index (χ3n) is 4.15. The summed E-state index contributed by atoms with van der Waals surface area (Å²) in [6, 6.07) is 0.428. The van der Waals surface area contributed by atoms with Gasteiger partial charge in [0, 0.05) is 20.0 Å². The molecule has 0 unspecified atom stereocenters. The van der Waals surface area contributed by atoms with Gasteiger partial charge in [0.05, 0.1) is 7.11 Å². The Balaban J connectivity index is 2.23. The van der Waals surface area contributed by atoms with Crippen molar-refractivity contribution in [2.45, 2.75) is 45.6 Å². The van der Waals surface area contributed by atoms with Gasteiger partial charge in [-0.2, -0.15) is 0 Å². The molecule has 1 heterocycles. The number of ether oxygens (including phenoxy) is 1. The third kappa shape index (κ3) is 3.43. The van der Waals surface area contributed by atoms with Gasteiger partial charge in [0.15, 0.2) is 16.6 Å². The number of Topliss-reactive ketones (excluding diaryl/α,β-unsaturated/α-hetero) is 1. The highest BCUT2D eigenvalue weighted by Crippen LogP contribution is 2.33. The number of esters is 1. The Morgan fingerprint density at radius 1 is 1.29 bits per heavy atom. The number of hydrogen-bond donors (Lipinski definition) is 0. The predicted octanol–water partition coefficient (Wildman–Crippen LogP) is 3.15. The summed E-state index contributed by atoms with van der Waals surface area (Å²) in [6.07, 6.45) is 4.67. The molecule has 21 heavy (non-hydrogen) atoms. The first-order chi connectivity index (χ1) is 9.93. The Bertz CT molecular complexity index is 533. The van der Waals surface area contributed by atoms with Crippen LogP contribution in [0.2, 0.25) is 0 Å². The maximum absolute atomic E-state index is 11.7. The molecule has 0 aliphatic heterocycles. The fourth-order valence-corrected chi connectivity index (χ4v) is 3.70. The maximum Gasteiger partial charge on any atom is 0.358 e. The van der Waals surface area contributed by atoms with Gasteiger partial charge in [-0.1, -0.05) is 18.3 Å². The molecule has 1 aromatic heterocycles. The summed E-state index contributed by atoms with van der Waals surface area (Å²) < 4.78 is 4.71. The molecule has 0 bridgehead atoms.